The van der Waals surface area contributed by atoms with Crippen molar-refractivity contribution in [1.82, 2.24) is 24.8 Å². The molecule has 2 aromatic heterocycles. The van der Waals surface area contributed by atoms with Gasteiger partial charge in [-0.1, -0.05) is 6.07 Å². The molecular weight excluding hydrogens is 435 g/mol. The number of hydrogen-bond donors (Lipinski definition) is 2. The molecule has 2 aliphatic heterocycles. The Hall–Kier alpha value is -3.33. The summed E-state index contributed by atoms with van der Waals surface area (Å²) >= 11 is 0. The molecular formula is C25H27FN6O2. The number of benzene rings is 1. The quantitative estimate of drug-likeness (QED) is 0.602. The van der Waals surface area contributed by atoms with Crippen LogP contribution >= 0.6 is 0 Å². The van der Waals surface area contributed by atoms with E-state index in [1.807, 2.05) is 0 Å². The highest BCUT2D eigenvalue weighted by Gasteiger charge is 2.48. The molecule has 2 N–H and O–H groups in total. The number of aryl methyl sites for hydroxylation is 1. The maximum absolute atomic E-state index is 15.3. The number of fused-ring (bicyclic) bond motifs is 2. The highest BCUT2D eigenvalue weighted by Crippen LogP contribution is 2.40. The number of aromatic hydroxyl groups is 1. The molecule has 2 saturated heterocycles. The molecule has 3 fully saturated rings. The molecule has 0 amide bonds. The molecule has 2 bridgehead atoms. The van der Waals surface area contributed by atoms with E-state index >= 15 is 4.39 Å². The minimum absolute atomic E-state index is 0.0276. The molecule has 4 atom stereocenters. The first-order chi connectivity index (χ1) is 16.5. The summed E-state index contributed by atoms with van der Waals surface area (Å²) in [5.74, 6) is 0.723. The van der Waals surface area contributed by atoms with Crippen molar-refractivity contribution < 1.29 is 9.50 Å². The molecule has 1 saturated carbocycles. The number of piperidine rings is 1. The third-order valence-electron chi connectivity index (χ3n) is 7.30. The normalized spacial score (nSPS) is 25.9. The zero-order valence-electron chi connectivity index (χ0n) is 18.9. The van der Waals surface area contributed by atoms with E-state index in [0.29, 0.717) is 40.4 Å². The van der Waals surface area contributed by atoms with E-state index < -0.39 is 6.17 Å². The van der Waals surface area contributed by atoms with E-state index in [4.69, 9.17) is 0 Å². The average Bonchev–Trinajstić information content (AvgIpc) is 3.59. The van der Waals surface area contributed by atoms with Crippen LogP contribution in [0, 0.1) is 0 Å². The van der Waals surface area contributed by atoms with E-state index in [0.717, 1.165) is 32.1 Å². The minimum atomic E-state index is -0.916. The van der Waals surface area contributed by atoms with E-state index in [1.165, 1.54) is 17.0 Å². The van der Waals surface area contributed by atoms with Crippen molar-refractivity contribution in [3.63, 3.8) is 0 Å². The van der Waals surface area contributed by atoms with Gasteiger partial charge in [0.2, 0.25) is 0 Å². The van der Waals surface area contributed by atoms with Crippen LogP contribution in [-0.4, -0.2) is 55.0 Å². The van der Waals surface area contributed by atoms with E-state index in [-0.39, 0.29) is 23.4 Å². The van der Waals surface area contributed by atoms with Crippen molar-refractivity contribution in [3.8, 4) is 28.3 Å². The summed E-state index contributed by atoms with van der Waals surface area (Å²) in [4.78, 5) is 27.5. The van der Waals surface area contributed by atoms with Crippen molar-refractivity contribution in [2.45, 2.75) is 62.4 Å². The highest BCUT2D eigenvalue weighted by molar-refractivity contribution is 5.72. The fraction of sp³-hybridized carbons (Fsp3) is 0.440. The standard InChI is InChI=1S/C25H27FN6O2/c1-31-13-29-19(10-24(31)34)14-2-6-17(22(33)8-14)20-11-28-23(12-27-20)32(16-4-5-16)21-9-15-3-7-18(30-15)25(21)26/h2,6,8,10-13,15-16,18,21,25,30,33H,3-5,7,9H2,1H3/t15?,18?,21-,25+/m0/s1. The number of alkyl halides is 1. The van der Waals surface area contributed by atoms with Crippen LogP contribution in [0.25, 0.3) is 22.5 Å². The number of phenolic OH excluding ortho intramolecular Hbond substituents is 1. The number of phenols is 1. The zero-order chi connectivity index (χ0) is 23.4. The number of rotatable bonds is 5. The lowest BCUT2D eigenvalue weighted by Crippen LogP contribution is -2.57. The summed E-state index contributed by atoms with van der Waals surface area (Å²) in [7, 11) is 1.63. The van der Waals surface area contributed by atoms with Crippen molar-refractivity contribution in [2.75, 3.05) is 4.90 Å². The van der Waals surface area contributed by atoms with Crippen LogP contribution in [0.15, 0.2) is 47.8 Å². The molecule has 176 valence electrons. The second kappa shape index (κ2) is 8.16. The molecule has 8 nitrogen and oxygen atoms in total. The van der Waals surface area contributed by atoms with Gasteiger partial charge < -0.3 is 19.9 Å². The van der Waals surface area contributed by atoms with Gasteiger partial charge in [0.15, 0.2) is 0 Å². The fourth-order valence-electron chi connectivity index (χ4n) is 5.35. The Balaban J connectivity index is 1.26. The Labute approximate surface area is 196 Å². The summed E-state index contributed by atoms with van der Waals surface area (Å²) < 4.78 is 16.7. The van der Waals surface area contributed by atoms with E-state index in [9.17, 15) is 9.90 Å². The minimum Gasteiger partial charge on any atom is -0.507 e. The number of halogens is 1. The predicted molar refractivity (Wildman–Crippen MR) is 126 cm³/mol. The first kappa shape index (κ1) is 21.2. The first-order valence-electron chi connectivity index (χ1n) is 11.8. The molecule has 4 heterocycles. The summed E-state index contributed by atoms with van der Waals surface area (Å²) in [5, 5.41) is 14.1. The summed E-state index contributed by atoms with van der Waals surface area (Å²) in [6.45, 7) is 0. The molecule has 6 rings (SSSR count). The van der Waals surface area contributed by atoms with Crippen LogP contribution in [0.4, 0.5) is 10.2 Å². The van der Waals surface area contributed by atoms with Gasteiger partial charge in [0.05, 0.1) is 36.2 Å². The molecule has 1 aliphatic carbocycles. The molecule has 9 heteroatoms. The lowest BCUT2D eigenvalue weighted by Gasteiger charge is -2.41. The topological polar surface area (TPSA) is 96.2 Å². The molecule has 2 unspecified atom stereocenters. The molecule has 3 aromatic rings. The van der Waals surface area contributed by atoms with Gasteiger partial charge in [-0.2, -0.15) is 0 Å². The Bertz CT molecular complexity index is 1280. The van der Waals surface area contributed by atoms with E-state index in [1.54, 1.807) is 37.6 Å². The van der Waals surface area contributed by atoms with Gasteiger partial charge in [-0.3, -0.25) is 9.78 Å². The van der Waals surface area contributed by atoms with Gasteiger partial charge in [-0.25, -0.2) is 14.4 Å². The average molecular weight is 463 g/mol. The van der Waals surface area contributed by atoms with Crippen LogP contribution in [0.3, 0.4) is 0 Å². The number of nitrogens with zero attached hydrogens (tertiary/aromatic N) is 5. The Morgan fingerprint density at radius 2 is 1.94 bits per heavy atom. The molecule has 3 aliphatic rings. The second-order valence-corrected chi connectivity index (χ2v) is 9.65. The van der Waals surface area contributed by atoms with Crippen molar-refractivity contribution >= 4 is 5.82 Å². The summed E-state index contributed by atoms with van der Waals surface area (Å²) in [6, 6.07) is 7.00. The summed E-state index contributed by atoms with van der Waals surface area (Å²) in [5.41, 5.74) is 2.02. The SMILES string of the molecule is Cn1cnc(-c2ccc(-c3cnc(N(C4CC4)[C@H]4CC5CCC(N5)[C@H]4F)cn3)c(O)c2)cc1=O. The highest BCUT2D eigenvalue weighted by atomic mass is 19.1. The van der Waals surface area contributed by atoms with Crippen LogP contribution < -0.4 is 15.8 Å². The van der Waals surface area contributed by atoms with Crippen molar-refractivity contribution in [3.05, 3.63) is 53.3 Å². The van der Waals surface area contributed by atoms with Gasteiger partial charge in [0.25, 0.3) is 5.56 Å². The number of nitrogens with one attached hydrogen (secondary N) is 1. The van der Waals surface area contributed by atoms with Crippen LogP contribution in [0.5, 0.6) is 5.75 Å². The van der Waals surface area contributed by atoms with Crippen molar-refractivity contribution in [1.29, 1.82) is 0 Å². The third kappa shape index (κ3) is 3.73. The monoisotopic (exact) mass is 462 g/mol. The third-order valence-corrected chi connectivity index (χ3v) is 7.30. The van der Waals surface area contributed by atoms with Crippen LogP contribution in [-0.2, 0) is 7.05 Å². The smallest absolute Gasteiger partial charge is 0.253 e. The zero-order valence-corrected chi connectivity index (χ0v) is 18.9. The van der Waals surface area contributed by atoms with Gasteiger partial charge in [-0.15, -0.1) is 0 Å². The number of hydrogen-bond acceptors (Lipinski definition) is 7. The largest absolute Gasteiger partial charge is 0.507 e. The maximum Gasteiger partial charge on any atom is 0.253 e. The van der Waals surface area contributed by atoms with E-state index in [2.05, 4.69) is 25.2 Å². The van der Waals surface area contributed by atoms with Gasteiger partial charge >= 0.3 is 0 Å². The van der Waals surface area contributed by atoms with Gasteiger partial charge in [-0.05, 0) is 44.2 Å². The molecule has 0 radical (unpaired) electrons. The molecule has 0 spiro atoms. The van der Waals surface area contributed by atoms with Crippen molar-refractivity contribution in [2.24, 2.45) is 7.05 Å². The van der Waals surface area contributed by atoms with Crippen LogP contribution in [0.2, 0.25) is 0 Å². The summed E-state index contributed by atoms with van der Waals surface area (Å²) in [6.07, 6.45) is 8.69. The lowest BCUT2D eigenvalue weighted by molar-refractivity contribution is 0.171. The van der Waals surface area contributed by atoms with Crippen LogP contribution in [0.1, 0.15) is 32.1 Å². The van der Waals surface area contributed by atoms with Gasteiger partial charge in [0.1, 0.15) is 17.7 Å². The Morgan fingerprint density at radius 1 is 1.09 bits per heavy atom. The second-order valence-electron chi connectivity index (χ2n) is 9.65. The lowest BCUT2D eigenvalue weighted by atomic mass is 9.96. The van der Waals surface area contributed by atoms with Gasteiger partial charge in [0, 0.05) is 42.4 Å². The fourth-order valence-corrected chi connectivity index (χ4v) is 5.35. The Morgan fingerprint density at radius 3 is 2.65 bits per heavy atom. The number of anilines is 1. The first-order valence-corrected chi connectivity index (χ1v) is 11.8. The number of aromatic nitrogens is 4. The molecule has 34 heavy (non-hydrogen) atoms. The predicted octanol–water partition coefficient (Wildman–Crippen LogP) is 2.81. The Kier molecular flexibility index (Phi) is 5.09. The maximum atomic E-state index is 15.3. The molecule has 1 aromatic carbocycles.